The molecule has 4 heteroatoms. The van der Waals surface area contributed by atoms with Crippen LogP contribution in [0.5, 0.6) is 5.75 Å². The first kappa shape index (κ1) is 13.9. The lowest BCUT2D eigenvalue weighted by molar-refractivity contribution is 0.112. The zero-order valence-electron chi connectivity index (χ0n) is 10.6. The molecule has 2 nitrogen and oxygen atoms in total. The first-order valence-electron chi connectivity index (χ1n) is 5.92. The molecule has 0 spiro atoms. The summed E-state index contributed by atoms with van der Waals surface area (Å²) < 4.78 is 19.0. The second kappa shape index (κ2) is 5.96. The lowest BCUT2D eigenvalue weighted by Gasteiger charge is -2.24. The molecule has 0 aliphatic heterocycles. The van der Waals surface area contributed by atoms with Gasteiger partial charge in [0.1, 0.15) is 11.6 Å². The topological polar surface area (TPSA) is 26.3 Å². The molecule has 0 atom stereocenters. The van der Waals surface area contributed by atoms with Gasteiger partial charge < -0.3 is 4.43 Å². The lowest BCUT2D eigenvalue weighted by atomic mass is 10.2. The third-order valence-corrected chi connectivity index (χ3v) is 4.95. The van der Waals surface area contributed by atoms with Crippen LogP contribution in [-0.2, 0) is 0 Å². The summed E-state index contributed by atoms with van der Waals surface area (Å²) in [6.45, 7) is 6.30. The van der Waals surface area contributed by atoms with E-state index >= 15 is 0 Å². The summed E-state index contributed by atoms with van der Waals surface area (Å²) >= 11 is 0. The number of unbranched alkanes of at least 4 members (excludes halogenated alkanes) is 1. The zero-order chi connectivity index (χ0) is 12.9. The van der Waals surface area contributed by atoms with E-state index in [-0.39, 0.29) is 5.82 Å². The Morgan fingerprint density at radius 1 is 1.41 bits per heavy atom. The van der Waals surface area contributed by atoms with E-state index in [2.05, 4.69) is 20.0 Å². The van der Waals surface area contributed by atoms with Crippen LogP contribution in [0.3, 0.4) is 0 Å². The molecular formula is C13H19FO2Si. The van der Waals surface area contributed by atoms with Gasteiger partial charge >= 0.3 is 0 Å². The Morgan fingerprint density at radius 3 is 2.71 bits per heavy atom. The molecule has 17 heavy (non-hydrogen) atoms. The largest absolute Gasteiger partial charge is 0.543 e. The van der Waals surface area contributed by atoms with E-state index in [1.807, 2.05) is 0 Å². The SMILES string of the molecule is CCCC[Si](C)(C)Oc1cc(F)ccc1C=O. The van der Waals surface area contributed by atoms with Crippen molar-refractivity contribution in [2.75, 3.05) is 0 Å². The number of hydrogen-bond donors (Lipinski definition) is 0. The third-order valence-electron chi connectivity index (χ3n) is 2.62. The van der Waals surface area contributed by atoms with Crippen LogP contribution >= 0.6 is 0 Å². The molecule has 0 saturated heterocycles. The van der Waals surface area contributed by atoms with E-state index in [0.717, 1.165) is 18.9 Å². The minimum atomic E-state index is -1.86. The van der Waals surface area contributed by atoms with Crippen molar-refractivity contribution in [2.45, 2.75) is 38.9 Å². The monoisotopic (exact) mass is 254 g/mol. The highest BCUT2D eigenvalue weighted by molar-refractivity contribution is 6.71. The molecule has 0 aromatic heterocycles. The van der Waals surface area contributed by atoms with Crippen LogP contribution in [0.4, 0.5) is 4.39 Å². The van der Waals surface area contributed by atoms with Crippen LogP contribution in [-0.4, -0.2) is 14.6 Å². The van der Waals surface area contributed by atoms with E-state index in [1.165, 1.54) is 18.2 Å². The van der Waals surface area contributed by atoms with Crippen molar-refractivity contribution in [1.82, 2.24) is 0 Å². The summed E-state index contributed by atoms with van der Waals surface area (Å²) in [4.78, 5) is 10.9. The fourth-order valence-electron chi connectivity index (χ4n) is 1.65. The smallest absolute Gasteiger partial charge is 0.245 e. The maximum atomic E-state index is 13.1. The number of carbonyl (C=O) groups is 1. The molecule has 0 unspecified atom stereocenters. The van der Waals surface area contributed by atoms with Crippen molar-refractivity contribution in [2.24, 2.45) is 0 Å². The fourth-order valence-corrected chi connectivity index (χ4v) is 3.72. The summed E-state index contributed by atoms with van der Waals surface area (Å²) in [7, 11) is -1.86. The minimum absolute atomic E-state index is 0.370. The van der Waals surface area contributed by atoms with Gasteiger partial charge in [-0.15, -0.1) is 0 Å². The average molecular weight is 254 g/mol. The lowest BCUT2D eigenvalue weighted by Crippen LogP contribution is -2.34. The second-order valence-electron chi connectivity index (χ2n) is 4.77. The molecule has 0 saturated carbocycles. The van der Waals surface area contributed by atoms with Gasteiger partial charge in [0.2, 0.25) is 8.32 Å². The van der Waals surface area contributed by atoms with Gasteiger partial charge in [-0.1, -0.05) is 19.8 Å². The van der Waals surface area contributed by atoms with Crippen LogP contribution < -0.4 is 4.43 Å². The first-order chi connectivity index (χ1) is 7.98. The molecule has 1 aromatic rings. The number of benzene rings is 1. The Hall–Kier alpha value is -1.16. The zero-order valence-corrected chi connectivity index (χ0v) is 11.6. The van der Waals surface area contributed by atoms with Crippen LogP contribution in [0, 0.1) is 5.82 Å². The summed E-state index contributed by atoms with van der Waals surface area (Å²) in [6, 6.07) is 5.04. The first-order valence-corrected chi connectivity index (χ1v) is 9.04. The molecule has 0 aliphatic carbocycles. The Labute approximate surface area is 103 Å². The number of halogens is 1. The van der Waals surface area contributed by atoms with Crippen molar-refractivity contribution in [3.05, 3.63) is 29.6 Å². The molecule has 0 amide bonds. The van der Waals surface area contributed by atoms with Gasteiger partial charge in [0.15, 0.2) is 6.29 Å². The van der Waals surface area contributed by atoms with E-state index in [1.54, 1.807) is 0 Å². The van der Waals surface area contributed by atoms with E-state index < -0.39 is 8.32 Å². The summed E-state index contributed by atoms with van der Waals surface area (Å²) in [5.74, 6) is 0.0126. The molecule has 1 aromatic carbocycles. The van der Waals surface area contributed by atoms with E-state index in [0.29, 0.717) is 17.6 Å². The summed E-state index contributed by atoms with van der Waals surface area (Å²) in [6.07, 6.45) is 2.92. The normalized spacial score (nSPS) is 11.3. The molecule has 94 valence electrons. The van der Waals surface area contributed by atoms with Crippen LogP contribution in [0.15, 0.2) is 18.2 Å². The Kier molecular flexibility index (Phi) is 4.87. The van der Waals surface area contributed by atoms with Gasteiger partial charge in [0.25, 0.3) is 0 Å². The molecule has 0 N–H and O–H groups in total. The maximum absolute atomic E-state index is 13.1. The number of aldehydes is 1. The van der Waals surface area contributed by atoms with Crippen molar-refractivity contribution in [3.63, 3.8) is 0 Å². The minimum Gasteiger partial charge on any atom is -0.543 e. The number of carbonyl (C=O) groups excluding carboxylic acids is 1. The highest BCUT2D eigenvalue weighted by Crippen LogP contribution is 2.24. The molecule has 0 radical (unpaired) electrons. The predicted octanol–water partition coefficient (Wildman–Crippen LogP) is 4.02. The predicted molar refractivity (Wildman–Crippen MR) is 69.6 cm³/mol. The van der Waals surface area contributed by atoms with Gasteiger partial charge in [-0.2, -0.15) is 0 Å². The molecule has 1 rings (SSSR count). The highest BCUT2D eigenvalue weighted by atomic mass is 28.4. The molecule has 0 bridgehead atoms. The fraction of sp³-hybridized carbons (Fsp3) is 0.462. The molecular weight excluding hydrogens is 235 g/mol. The van der Waals surface area contributed by atoms with Crippen molar-refractivity contribution in [1.29, 1.82) is 0 Å². The van der Waals surface area contributed by atoms with Gasteiger partial charge in [0, 0.05) is 6.07 Å². The number of hydrogen-bond acceptors (Lipinski definition) is 2. The number of rotatable bonds is 6. The maximum Gasteiger partial charge on any atom is 0.245 e. The van der Waals surface area contributed by atoms with Crippen molar-refractivity contribution in [3.8, 4) is 5.75 Å². The van der Waals surface area contributed by atoms with Crippen molar-refractivity contribution >= 4 is 14.6 Å². The molecule has 0 fully saturated rings. The second-order valence-corrected chi connectivity index (χ2v) is 8.99. The summed E-state index contributed by atoms with van der Waals surface area (Å²) in [5, 5.41) is 0. The molecule has 0 aliphatic rings. The highest BCUT2D eigenvalue weighted by Gasteiger charge is 2.24. The quantitative estimate of drug-likeness (QED) is 0.566. The van der Waals surface area contributed by atoms with Gasteiger partial charge in [-0.25, -0.2) is 4.39 Å². The van der Waals surface area contributed by atoms with Crippen LogP contribution in [0.2, 0.25) is 19.1 Å². The average Bonchev–Trinajstić information content (AvgIpc) is 2.26. The van der Waals surface area contributed by atoms with Crippen LogP contribution in [0.1, 0.15) is 30.1 Å². The van der Waals surface area contributed by atoms with Gasteiger partial charge in [-0.3, -0.25) is 4.79 Å². The summed E-state index contributed by atoms with van der Waals surface area (Å²) in [5.41, 5.74) is 0.420. The Bertz CT molecular complexity index is 391. The standard InChI is InChI=1S/C13H19FO2Si/c1-4-5-8-17(2,3)16-13-9-12(14)7-6-11(13)10-15/h6-7,9-10H,4-5,8H2,1-3H3. The Balaban J connectivity index is 2.85. The third kappa shape index (κ3) is 4.30. The van der Waals surface area contributed by atoms with Crippen LogP contribution in [0.25, 0.3) is 0 Å². The van der Waals surface area contributed by atoms with E-state index in [9.17, 15) is 9.18 Å². The van der Waals surface area contributed by atoms with Gasteiger partial charge in [-0.05, 0) is 31.3 Å². The van der Waals surface area contributed by atoms with Gasteiger partial charge in [0.05, 0.1) is 5.56 Å². The Morgan fingerprint density at radius 2 is 2.12 bits per heavy atom. The van der Waals surface area contributed by atoms with Crippen molar-refractivity contribution < 1.29 is 13.6 Å². The van der Waals surface area contributed by atoms with E-state index in [4.69, 9.17) is 4.43 Å². The molecule has 0 heterocycles.